The summed E-state index contributed by atoms with van der Waals surface area (Å²) in [7, 11) is 0. The molecule has 1 unspecified atom stereocenters. The summed E-state index contributed by atoms with van der Waals surface area (Å²) in [6, 6.07) is 14.2. The topological polar surface area (TPSA) is 26.0 Å². The van der Waals surface area contributed by atoms with Gasteiger partial charge in [0.2, 0.25) is 0 Å². The molecule has 0 aromatic heterocycles. The lowest BCUT2D eigenvalue weighted by Crippen LogP contribution is -2.14. The number of rotatable bonds is 3. The van der Waals surface area contributed by atoms with Gasteiger partial charge in [0.25, 0.3) is 0 Å². The second-order valence-corrected chi connectivity index (χ2v) is 5.17. The van der Waals surface area contributed by atoms with Crippen molar-refractivity contribution in [1.29, 1.82) is 0 Å². The molecular formula is C16H18ClN. The predicted molar refractivity (Wildman–Crippen MR) is 78.0 cm³/mol. The Morgan fingerprint density at radius 2 is 1.83 bits per heavy atom. The lowest BCUT2D eigenvalue weighted by Gasteiger charge is -2.15. The molecule has 0 heterocycles. The minimum atomic E-state index is -0.0563. The maximum Gasteiger partial charge on any atom is 0.0453 e. The number of aryl methyl sites for hydroxylation is 2. The molecule has 2 heteroatoms. The molecule has 2 aromatic rings. The second kappa shape index (κ2) is 5.55. The van der Waals surface area contributed by atoms with Crippen LogP contribution in [0.1, 0.15) is 28.3 Å². The van der Waals surface area contributed by atoms with Crippen LogP contribution < -0.4 is 5.73 Å². The van der Waals surface area contributed by atoms with Crippen LogP contribution in [0.15, 0.2) is 42.5 Å². The van der Waals surface area contributed by atoms with E-state index in [0.29, 0.717) is 0 Å². The first kappa shape index (κ1) is 13.1. The zero-order valence-electron chi connectivity index (χ0n) is 10.8. The van der Waals surface area contributed by atoms with Gasteiger partial charge in [-0.1, -0.05) is 53.6 Å². The molecule has 2 rings (SSSR count). The molecule has 0 aliphatic carbocycles. The molecule has 0 saturated carbocycles. The first-order valence-corrected chi connectivity index (χ1v) is 6.52. The Morgan fingerprint density at radius 1 is 1.11 bits per heavy atom. The summed E-state index contributed by atoms with van der Waals surface area (Å²) in [6.07, 6.45) is 0.817. The normalized spacial score (nSPS) is 12.4. The summed E-state index contributed by atoms with van der Waals surface area (Å²) in [5.74, 6) is 0. The van der Waals surface area contributed by atoms with Crippen molar-refractivity contribution in [3.8, 4) is 0 Å². The Balaban J connectivity index is 2.24. The van der Waals surface area contributed by atoms with Crippen molar-refractivity contribution in [3.63, 3.8) is 0 Å². The maximum absolute atomic E-state index is 6.26. The van der Waals surface area contributed by atoms with Crippen LogP contribution in [0.5, 0.6) is 0 Å². The number of hydrogen-bond acceptors (Lipinski definition) is 1. The molecule has 0 amide bonds. The summed E-state index contributed by atoms with van der Waals surface area (Å²) in [4.78, 5) is 0. The van der Waals surface area contributed by atoms with Crippen molar-refractivity contribution in [1.82, 2.24) is 0 Å². The van der Waals surface area contributed by atoms with E-state index in [9.17, 15) is 0 Å². The zero-order chi connectivity index (χ0) is 13.1. The number of hydrogen-bond donors (Lipinski definition) is 1. The molecule has 0 radical (unpaired) electrons. The van der Waals surface area contributed by atoms with E-state index in [1.54, 1.807) is 0 Å². The Morgan fingerprint density at radius 3 is 2.56 bits per heavy atom. The molecule has 94 valence electrons. The highest BCUT2D eigenvalue weighted by Crippen LogP contribution is 2.25. The second-order valence-electron chi connectivity index (χ2n) is 4.76. The third-order valence-electron chi connectivity index (χ3n) is 3.25. The molecule has 18 heavy (non-hydrogen) atoms. The van der Waals surface area contributed by atoms with Crippen molar-refractivity contribution in [2.45, 2.75) is 26.3 Å². The average molecular weight is 260 g/mol. The molecule has 0 fully saturated rings. The smallest absolute Gasteiger partial charge is 0.0453 e. The summed E-state index contributed by atoms with van der Waals surface area (Å²) < 4.78 is 0. The molecule has 0 aliphatic rings. The lowest BCUT2D eigenvalue weighted by molar-refractivity contribution is 0.718. The first-order valence-electron chi connectivity index (χ1n) is 6.14. The number of halogens is 1. The molecule has 1 nitrogen and oxygen atoms in total. The van der Waals surface area contributed by atoms with Crippen LogP contribution in [0.25, 0.3) is 0 Å². The Hall–Kier alpha value is -1.31. The average Bonchev–Trinajstić information content (AvgIpc) is 2.34. The van der Waals surface area contributed by atoms with Gasteiger partial charge < -0.3 is 5.73 Å². The molecule has 0 saturated heterocycles. The standard InChI is InChI=1S/C16H18ClN/c1-11-7-8-12(2)13(9-11)10-16(18)14-5-3-4-6-15(14)17/h3-9,16H,10,18H2,1-2H3. The minimum absolute atomic E-state index is 0.0563. The predicted octanol–water partition coefficient (Wildman–Crippen LogP) is 4.20. The van der Waals surface area contributed by atoms with Gasteiger partial charge in [0, 0.05) is 11.1 Å². The van der Waals surface area contributed by atoms with Gasteiger partial charge in [-0.05, 0) is 43.0 Å². The van der Waals surface area contributed by atoms with Crippen molar-refractivity contribution < 1.29 is 0 Å². The van der Waals surface area contributed by atoms with Crippen LogP contribution in [0.3, 0.4) is 0 Å². The van der Waals surface area contributed by atoms with Crippen LogP contribution >= 0.6 is 11.6 Å². The Labute approximate surface area is 114 Å². The van der Waals surface area contributed by atoms with Gasteiger partial charge in [-0.25, -0.2) is 0 Å². The van der Waals surface area contributed by atoms with Crippen molar-refractivity contribution in [2.75, 3.05) is 0 Å². The summed E-state index contributed by atoms with van der Waals surface area (Å²) >= 11 is 6.18. The van der Waals surface area contributed by atoms with E-state index in [4.69, 9.17) is 17.3 Å². The van der Waals surface area contributed by atoms with E-state index in [2.05, 4.69) is 32.0 Å². The zero-order valence-corrected chi connectivity index (χ0v) is 11.5. The van der Waals surface area contributed by atoms with Gasteiger partial charge >= 0.3 is 0 Å². The molecule has 0 aliphatic heterocycles. The van der Waals surface area contributed by atoms with Gasteiger partial charge in [0.1, 0.15) is 0 Å². The van der Waals surface area contributed by atoms with Crippen LogP contribution in [-0.2, 0) is 6.42 Å². The molecule has 0 spiro atoms. The quantitative estimate of drug-likeness (QED) is 0.878. The highest BCUT2D eigenvalue weighted by atomic mass is 35.5. The summed E-state index contributed by atoms with van der Waals surface area (Å²) in [5, 5.41) is 0.746. The van der Waals surface area contributed by atoms with E-state index in [-0.39, 0.29) is 6.04 Å². The van der Waals surface area contributed by atoms with E-state index < -0.39 is 0 Å². The molecule has 2 aromatic carbocycles. The molecule has 0 bridgehead atoms. The minimum Gasteiger partial charge on any atom is -0.324 e. The molecular weight excluding hydrogens is 242 g/mol. The number of nitrogens with two attached hydrogens (primary N) is 1. The van der Waals surface area contributed by atoms with Crippen molar-refractivity contribution >= 4 is 11.6 Å². The van der Waals surface area contributed by atoms with Gasteiger partial charge in [-0.3, -0.25) is 0 Å². The maximum atomic E-state index is 6.26. The van der Waals surface area contributed by atoms with E-state index in [1.807, 2.05) is 24.3 Å². The fourth-order valence-electron chi connectivity index (χ4n) is 2.14. The highest BCUT2D eigenvalue weighted by Gasteiger charge is 2.11. The Kier molecular flexibility index (Phi) is 4.05. The number of benzene rings is 2. The monoisotopic (exact) mass is 259 g/mol. The fraction of sp³-hybridized carbons (Fsp3) is 0.250. The first-order chi connectivity index (χ1) is 8.58. The van der Waals surface area contributed by atoms with Crippen LogP contribution in [-0.4, -0.2) is 0 Å². The van der Waals surface area contributed by atoms with Crippen molar-refractivity contribution in [2.24, 2.45) is 5.73 Å². The lowest BCUT2D eigenvalue weighted by atomic mass is 9.95. The summed E-state index contributed by atoms with van der Waals surface area (Å²) in [6.45, 7) is 4.22. The molecule has 1 atom stereocenters. The van der Waals surface area contributed by atoms with E-state index >= 15 is 0 Å². The third-order valence-corrected chi connectivity index (χ3v) is 3.59. The largest absolute Gasteiger partial charge is 0.324 e. The Bertz CT molecular complexity index is 549. The molecule has 2 N–H and O–H groups in total. The van der Waals surface area contributed by atoms with Crippen LogP contribution in [0.4, 0.5) is 0 Å². The van der Waals surface area contributed by atoms with E-state index in [1.165, 1.54) is 16.7 Å². The summed E-state index contributed by atoms with van der Waals surface area (Å²) in [5.41, 5.74) is 11.1. The SMILES string of the molecule is Cc1ccc(C)c(CC(N)c2ccccc2Cl)c1. The van der Waals surface area contributed by atoms with Crippen LogP contribution in [0.2, 0.25) is 5.02 Å². The van der Waals surface area contributed by atoms with Gasteiger partial charge in [-0.2, -0.15) is 0 Å². The van der Waals surface area contributed by atoms with Gasteiger partial charge in [0.15, 0.2) is 0 Å². The van der Waals surface area contributed by atoms with Crippen molar-refractivity contribution in [3.05, 3.63) is 69.7 Å². The van der Waals surface area contributed by atoms with Gasteiger partial charge in [0.05, 0.1) is 0 Å². The highest BCUT2D eigenvalue weighted by molar-refractivity contribution is 6.31. The van der Waals surface area contributed by atoms with Gasteiger partial charge in [-0.15, -0.1) is 0 Å². The third kappa shape index (κ3) is 2.92. The van der Waals surface area contributed by atoms with Crippen LogP contribution in [0, 0.1) is 13.8 Å². The van der Waals surface area contributed by atoms with E-state index in [0.717, 1.165) is 17.0 Å². The fourth-order valence-corrected chi connectivity index (χ4v) is 2.42.